The van der Waals surface area contributed by atoms with Crippen molar-refractivity contribution in [1.82, 2.24) is 5.32 Å². The Morgan fingerprint density at radius 2 is 2.00 bits per heavy atom. The van der Waals surface area contributed by atoms with Crippen molar-refractivity contribution < 1.29 is 5.11 Å². The summed E-state index contributed by atoms with van der Waals surface area (Å²) in [6.07, 6.45) is 1.86. The van der Waals surface area contributed by atoms with Crippen LogP contribution < -0.4 is 5.32 Å². The number of hydrogen-bond acceptors (Lipinski definition) is 3. The Balaban J connectivity index is 2.15. The van der Waals surface area contributed by atoms with E-state index < -0.39 is 0 Å². The number of nitrogens with zero attached hydrogens (tertiary/aromatic N) is 1. The zero-order valence-corrected chi connectivity index (χ0v) is 8.19. The van der Waals surface area contributed by atoms with Crippen molar-refractivity contribution >= 4 is 6.21 Å². The van der Waals surface area contributed by atoms with Crippen LogP contribution in [0.4, 0.5) is 0 Å². The minimum atomic E-state index is 0.183. The quantitative estimate of drug-likeness (QED) is 0.514. The van der Waals surface area contributed by atoms with Crippen LogP contribution in [-0.2, 0) is 0 Å². The van der Waals surface area contributed by atoms with Crippen LogP contribution in [0.1, 0.15) is 5.56 Å². The Labute approximate surface area is 84.5 Å². The van der Waals surface area contributed by atoms with Crippen LogP contribution in [0.25, 0.3) is 0 Å². The highest BCUT2D eigenvalue weighted by Gasteiger charge is 1.84. The lowest BCUT2D eigenvalue weighted by atomic mass is 10.2. The topological polar surface area (TPSA) is 44.6 Å². The molecule has 0 unspecified atom stereocenters. The summed E-state index contributed by atoms with van der Waals surface area (Å²) in [5.41, 5.74) is 1.12. The second kappa shape index (κ2) is 7.24. The summed E-state index contributed by atoms with van der Waals surface area (Å²) in [6, 6.07) is 10.0. The molecule has 1 rings (SSSR count). The highest BCUT2D eigenvalue weighted by Crippen LogP contribution is 1.93. The third-order valence-electron chi connectivity index (χ3n) is 1.75. The molecular weight excluding hydrogens is 176 g/mol. The zero-order valence-electron chi connectivity index (χ0n) is 8.19. The summed E-state index contributed by atoms with van der Waals surface area (Å²) in [5.74, 6) is 0. The summed E-state index contributed by atoms with van der Waals surface area (Å²) in [5, 5.41) is 11.6. The summed E-state index contributed by atoms with van der Waals surface area (Å²) in [4.78, 5) is 4.24. The van der Waals surface area contributed by atoms with Crippen LogP contribution >= 0.6 is 0 Å². The minimum absolute atomic E-state index is 0.183. The van der Waals surface area contributed by atoms with Gasteiger partial charge in [-0.25, -0.2) is 0 Å². The lowest BCUT2D eigenvalue weighted by Gasteiger charge is -1.97. The molecule has 0 aromatic heterocycles. The fourth-order valence-electron chi connectivity index (χ4n) is 1.06. The Morgan fingerprint density at radius 1 is 1.21 bits per heavy atom. The highest BCUT2D eigenvalue weighted by atomic mass is 16.3. The molecule has 0 fully saturated rings. The van der Waals surface area contributed by atoms with E-state index in [2.05, 4.69) is 10.3 Å². The van der Waals surface area contributed by atoms with E-state index in [1.165, 1.54) is 0 Å². The number of benzene rings is 1. The molecule has 0 saturated heterocycles. The Bertz CT molecular complexity index is 259. The third-order valence-corrected chi connectivity index (χ3v) is 1.75. The smallest absolute Gasteiger partial charge is 0.0555 e. The van der Waals surface area contributed by atoms with Crippen LogP contribution in [0, 0.1) is 0 Å². The van der Waals surface area contributed by atoms with Crippen LogP contribution in [0.3, 0.4) is 0 Å². The maximum absolute atomic E-state index is 8.50. The lowest BCUT2D eigenvalue weighted by Crippen LogP contribution is -2.21. The molecular formula is C11H16N2O. The molecule has 0 spiro atoms. The summed E-state index contributed by atoms with van der Waals surface area (Å²) in [7, 11) is 0. The van der Waals surface area contributed by atoms with E-state index in [-0.39, 0.29) is 6.61 Å². The lowest BCUT2D eigenvalue weighted by molar-refractivity contribution is 0.293. The molecule has 0 amide bonds. The van der Waals surface area contributed by atoms with E-state index in [1.807, 2.05) is 36.5 Å². The van der Waals surface area contributed by atoms with Gasteiger partial charge in [-0.05, 0) is 5.56 Å². The Hall–Kier alpha value is -1.19. The summed E-state index contributed by atoms with van der Waals surface area (Å²) < 4.78 is 0. The molecule has 0 atom stereocenters. The molecule has 0 radical (unpaired) electrons. The van der Waals surface area contributed by atoms with Gasteiger partial charge in [-0.3, -0.25) is 4.99 Å². The predicted octanol–water partition coefficient (Wildman–Crippen LogP) is 0.687. The fraction of sp³-hybridized carbons (Fsp3) is 0.364. The standard InChI is InChI=1S/C11H16N2O/c14-9-8-12-6-7-13-10-11-4-2-1-3-5-11/h1-5,10,12,14H,6-9H2. The number of aliphatic hydroxyl groups is 1. The molecule has 0 aliphatic rings. The van der Waals surface area contributed by atoms with Crippen molar-refractivity contribution in [3.8, 4) is 0 Å². The molecule has 0 heterocycles. The van der Waals surface area contributed by atoms with Crippen molar-refractivity contribution in [2.45, 2.75) is 0 Å². The van der Waals surface area contributed by atoms with Crippen molar-refractivity contribution in [3.63, 3.8) is 0 Å². The SMILES string of the molecule is OCCNCCN=Cc1ccccc1. The maximum atomic E-state index is 8.50. The van der Waals surface area contributed by atoms with Gasteiger partial charge in [0, 0.05) is 19.3 Å². The third kappa shape index (κ3) is 4.74. The van der Waals surface area contributed by atoms with Gasteiger partial charge in [-0.15, -0.1) is 0 Å². The molecule has 3 nitrogen and oxygen atoms in total. The number of nitrogens with one attached hydrogen (secondary N) is 1. The summed E-state index contributed by atoms with van der Waals surface area (Å²) in [6.45, 7) is 2.38. The van der Waals surface area contributed by atoms with Crippen LogP contribution in [0.2, 0.25) is 0 Å². The number of hydrogen-bond donors (Lipinski definition) is 2. The second-order valence-corrected chi connectivity index (χ2v) is 2.92. The average Bonchev–Trinajstić information content (AvgIpc) is 2.25. The summed E-state index contributed by atoms with van der Waals surface area (Å²) >= 11 is 0. The van der Waals surface area contributed by atoms with Gasteiger partial charge < -0.3 is 10.4 Å². The predicted molar refractivity (Wildman–Crippen MR) is 58.9 cm³/mol. The van der Waals surface area contributed by atoms with E-state index in [9.17, 15) is 0 Å². The zero-order chi connectivity index (χ0) is 10.1. The monoisotopic (exact) mass is 192 g/mol. The van der Waals surface area contributed by atoms with E-state index >= 15 is 0 Å². The normalized spacial score (nSPS) is 10.9. The van der Waals surface area contributed by atoms with Gasteiger partial charge in [0.2, 0.25) is 0 Å². The molecule has 14 heavy (non-hydrogen) atoms. The van der Waals surface area contributed by atoms with Crippen LogP contribution in [0.5, 0.6) is 0 Å². The molecule has 0 aliphatic carbocycles. The van der Waals surface area contributed by atoms with Gasteiger partial charge in [-0.2, -0.15) is 0 Å². The molecule has 2 N–H and O–H groups in total. The second-order valence-electron chi connectivity index (χ2n) is 2.92. The van der Waals surface area contributed by atoms with Crippen LogP contribution in [0.15, 0.2) is 35.3 Å². The minimum Gasteiger partial charge on any atom is -0.395 e. The molecule has 1 aromatic carbocycles. The van der Waals surface area contributed by atoms with Gasteiger partial charge in [0.1, 0.15) is 0 Å². The van der Waals surface area contributed by atoms with Gasteiger partial charge in [0.15, 0.2) is 0 Å². The number of aliphatic imine (C=N–C) groups is 1. The van der Waals surface area contributed by atoms with E-state index in [1.54, 1.807) is 0 Å². The Morgan fingerprint density at radius 3 is 2.71 bits per heavy atom. The van der Waals surface area contributed by atoms with Crippen molar-refractivity contribution in [3.05, 3.63) is 35.9 Å². The highest BCUT2D eigenvalue weighted by molar-refractivity contribution is 5.79. The molecule has 1 aromatic rings. The largest absolute Gasteiger partial charge is 0.395 e. The first-order chi connectivity index (χ1) is 6.93. The van der Waals surface area contributed by atoms with Crippen LogP contribution in [-0.4, -0.2) is 37.6 Å². The van der Waals surface area contributed by atoms with Crippen molar-refractivity contribution in [1.29, 1.82) is 0 Å². The van der Waals surface area contributed by atoms with Gasteiger partial charge >= 0.3 is 0 Å². The fourth-order valence-corrected chi connectivity index (χ4v) is 1.06. The van der Waals surface area contributed by atoms with Gasteiger partial charge in [0.05, 0.1) is 13.2 Å². The average molecular weight is 192 g/mol. The molecule has 0 bridgehead atoms. The van der Waals surface area contributed by atoms with Crippen molar-refractivity contribution in [2.75, 3.05) is 26.2 Å². The first-order valence-corrected chi connectivity index (χ1v) is 4.80. The van der Waals surface area contributed by atoms with Gasteiger partial charge in [-0.1, -0.05) is 30.3 Å². The first kappa shape index (κ1) is 10.9. The molecule has 0 aliphatic heterocycles. The first-order valence-electron chi connectivity index (χ1n) is 4.80. The van der Waals surface area contributed by atoms with E-state index in [4.69, 9.17) is 5.11 Å². The molecule has 0 saturated carbocycles. The number of aliphatic hydroxyl groups excluding tert-OH is 1. The maximum Gasteiger partial charge on any atom is 0.0555 e. The van der Waals surface area contributed by atoms with Crippen molar-refractivity contribution in [2.24, 2.45) is 4.99 Å². The van der Waals surface area contributed by atoms with E-state index in [0.717, 1.165) is 18.7 Å². The number of rotatable bonds is 6. The molecule has 76 valence electrons. The molecule has 3 heteroatoms. The van der Waals surface area contributed by atoms with Gasteiger partial charge in [0.25, 0.3) is 0 Å². The Kier molecular flexibility index (Phi) is 5.63. The van der Waals surface area contributed by atoms with E-state index in [0.29, 0.717) is 6.54 Å².